The Labute approximate surface area is 95.0 Å². The van der Waals surface area contributed by atoms with E-state index in [-0.39, 0.29) is 13.2 Å². The van der Waals surface area contributed by atoms with Crippen LogP contribution < -0.4 is 0 Å². The van der Waals surface area contributed by atoms with Crippen molar-refractivity contribution < 1.29 is 24.8 Å². The Morgan fingerprint density at radius 2 is 1.81 bits per heavy atom. The van der Waals surface area contributed by atoms with Crippen LogP contribution in [0.3, 0.4) is 0 Å². The minimum Gasteiger partial charge on any atom is -0.388 e. The van der Waals surface area contributed by atoms with Gasteiger partial charge in [0.15, 0.2) is 0 Å². The summed E-state index contributed by atoms with van der Waals surface area (Å²) >= 11 is 0. The van der Waals surface area contributed by atoms with Crippen LogP contribution >= 0.6 is 0 Å². The summed E-state index contributed by atoms with van der Waals surface area (Å²) in [6.07, 6.45) is 0.989. The SMILES string of the molecule is C#CCOCC1OC(CC)[C@H](O)C(O)C1O. The number of hydrogen-bond acceptors (Lipinski definition) is 5. The average molecular weight is 230 g/mol. The van der Waals surface area contributed by atoms with Gasteiger partial charge in [0.1, 0.15) is 31.0 Å². The van der Waals surface area contributed by atoms with Crippen molar-refractivity contribution in [2.24, 2.45) is 0 Å². The minimum absolute atomic E-state index is 0.103. The first-order valence-electron chi connectivity index (χ1n) is 5.32. The molecule has 0 aromatic heterocycles. The molecule has 1 fully saturated rings. The van der Waals surface area contributed by atoms with Crippen LogP contribution in [0.4, 0.5) is 0 Å². The van der Waals surface area contributed by atoms with Gasteiger partial charge in [-0.25, -0.2) is 0 Å². The summed E-state index contributed by atoms with van der Waals surface area (Å²) in [5.41, 5.74) is 0. The number of hydrogen-bond donors (Lipinski definition) is 3. The van der Waals surface area contributed by atoms with Crippen LogP contribution in [0.5, 0.6) is 0 Å². The fourth-order valence-electron chi connectivity index (χ4n) is 1.74. The number of terminal acetylenes is 1. The molecule has 0 bridgehead atoms. The zero-order chi connectivity index (χ0) is 12.1. The molecule has 0 aromatic rings. The Hall–Kier alpha value is -0.640. The summed E-state index contributed by atoms with van der Waals surface area (Å²) in [7, 11) is 0. The Morgan fingerprint density at radius 1 is 1.19 bits per heavy atom. The molecule has 16 heavy (non-hydrogen) atoms. The lowest BCUT2D eigenvalue weighted by Gasteiger charge is -2.40. The van der Waals surface area contributed by atoms with Crippen LogP contribution in [0.2, 0.25) is 0 Å². The van der Waals surface area contributed by atoms with E-state index in [1.807, 2.05) is 6.92 Å². The van der Waals surface area contributed by atoms with E-state index < -0.39 is 30.5 Å². The second-order valence-corrected chi connectivity index (χ2v) is 3.81. The van der Waals surface area contributed by atoms with Crippen molar-refractivity contribution >= 4 is 0 Å². The fourth-order valence-corrected chi connectivity index (χ4v) is 1.74. The second-order valence-electron chi connectivity index (χ2n) is 3.81. The summed E-state index contributed by atoms with van der Waals surface area (Å²) in [6, 6.07) is 0. The molecule has 1 aliphatic heterocycles. The molecule has 0 amide bonds. The molecule has 1 heterocycles. The van der Waals surface area contributed by atoms with Crippen molar-refractivity contribution in [2.75, 3.05) is 13.2 Å². The average Bonchev–Trinajstić information content (AvgIpc) is 2.29. The molecule has 1 aliphatic rings. The van der Waals surface area contributed by atoms with E-state index >= 15 is 0 Å². The maximum absolute atomic E-state index is 9.65. The van der Waals surface area contributed by atoms with Crippen molar-refractivity contribution in [1.29, 1.82) is 0 Å². The van der Waals surface area contributed by atoms with Crippen LogP contribution in [0.1, 0.15) is 13.3 Å². The zero-order valence-electron chi connectivity index (χ0n) is 9.24. The van der Waals surface area contributed by atoms with Crippen LogP contribution in [0.15, 0.2) is 0 Å². The predicted octanol–water partition coefficient (Wildman–Crippen LogP) is -1.10. The summed E-state index contributed by atoms with van der Waals surface area (Å²) in [6.45, 7) is 2.06. The van der Waals surface area contributed by atoms with E-state index in [9.17, 15) is 15.3 Å². The lowest BCUT2D eigenvalue weighted by atomic mass is 9.94. The Balaban J connectivity index is 2.54. The van der Waals surface area contributed by atoms with E-state index in [0.717, 1.165) is 0 Å². The topological polar surface area (TPSA) is 79.2 Å². The smallest absolute Gasteiger partial charge is 0.111 e. The molecule has 0 spiro atoms. The largest absolute Gasteiger partial charge is 0.388 e. The standard InChI is InChI=1S/C11H18O5/c1-3-5-15-6-8-10(13)11(14)9(12)7(4-2)16-8/h1,7-14H,4-6H2,2H3/t7?,8?,9-,10?,11?/m0/s1. The Bertz CT molecular complexity index is 247. The van der Waals surface area contributed by atoms with Gasteiger partial charge in [0.25, 0.3) is 0 Å². The molecule has 4 unspecified atom stereocenters. The molecule has 5 atom stereocenters. The zero-order valence-corrected chi connectivity index (χ0v) is 9.24. The number of aliphatic hydroxyl groups is 3. The molecule has 0 radical (unpaired) electrons. The van der Waals surface area contributed by atoms with E-state index in [1.165, 1.54) is 0 Å². The van der Waals surface area contributed by atoms with Crippen LogP contribution in [-0.2, 0) is 9.47 Å². The normalized spacial score (nSPS) is 39.3. The summed E-state index contributed by atoms with van der Waals surface area (Å²) in [5, 5.41) is 28.8. The first kappa shape index (κ1) is 13.4. The van der Waals surface area contributed by atoms with Crippen LogP contribution in [-0.4, -0.2) is 59.1 Å². The van der Waals surface area contributed by atoms with E-state index in [2.05, 4.69) is 5.92 Å². The maximum Gasteiger partial charge on any atom is 0.111 e. The van der Waals surface area contributed by atoms with Gasteiger partial charge >= 0.3 is 0 Å². The third kappa shape index (κ3) is 2.94. The number of aliphatic hydroxyl groups excluding tert-OH is 3. The highest BCUT2D eigenvalue weighted by atomic mass is 16.6. The van der Waals surface area contributed by atoms with Gasteiger partial charge < -0.3 is 24.8 Å². The molecule has 0 saturated carbocycles. The molecular weight excluding hydrogens is 212 g/mol. The molecule has 0 aromatic carbocycles. The predicted molar refractivity (Wildman–Crippen MR) is 56.6 cm³/mol. The highest BCUT2D eigenvalue weighted by molar-refractivity contribution is 4.92. The van der Waals surface area contributed by atoms with Crippen molar-refractivity contribution in [3.63, 3.8) is 0 Å². The van der Waals surface area contributed by atoms with Crippen LogP contribution in [0.25, 0.3) is 0 Å². The molecule has 92 valence electrons. The highest BCUT2D eigenvalue weighted by Gasteiger charge is 2.42. The van der Waals surface area contributed by atoms with Crippen LogP contribution in [0, 0.1) is 12.3 Å². The van der Waals surface area contributed by atoms with E-state index in [0.29, 0.717) is 6.42 Å². The molecular formula is C11H18O5. The summed E-state index contributed by atoms with van der Waals surface area (Å²) in [4.78, 5) is 0. The van der Waals surface area contributed by atoms with Crippen molar-refractivity contribution in [3.8, 4) is 12.3 Å². The quantitative estimate of drug-likeness (QED) is 0.422. The first-order chi connectivity index (χ1) is 7.61. The molecule has 5 heteroatoms. The first-order valence-corrected chi connectivity index (χ1v) is 5.32. The lowest BCUT2D eigenvalue weighted by Crippen LogP contribution is -2.58. The summed E-state index contributed by atoms with van der Waals surface area (Å²) in [5.74, 6) is 2.30. The van der Waals surface area contributed by atoms with Gasteiger partial charge in [0.2, 0.25) is 0 Å². The van der Waals surface area contributed by atoms with E-state index in [4.69, 9.17) is 15.9 Å². The maximum atomic E-state index is 9.65. The molecule has 5 nitrogen and oxygen atoms in total. The second kappa shape index (κ2) is 6.18. The lowest BCUT2D eigenvalue weighted by molar-refractivity contribution is -0.231. The van der Waals surface area contributed by atoms with Gasteiger partial charge in [0.05, 0.1) is 12.7 Å². The number of ether oxygens (including phenoxy) is 2. The van der Waals surface area contributed by atoms with Gasteiger partial charge in [-0.2, -0.15) is 0 Å². The van der Waals surface area contributed by atoms with Crippen molar-refractivity contribution in [1.82, 2.24) is 0 Å². The third-order valence-electron chi connectivity index (χ3n) is 2.68. The van der Waals surface area contributed by atoms with Gasteiger partial charge in [-0.3, -0.25) is 0 Å². The van der Waals surface area contributed by atoms with Gasteiger partial charge in [-0.1, -0.05) is 12.8 Å². The fraction of sp³-hybridized carbons (Fsp3) is 0.818. The minimum atomic E-state index is -1.21. The Morgan fingerprint density at radius 3 is 2.38 bits per heavy atom. The molecule has 0 aliphatic carbocycles. The van der Waals surface area contributed by atoms with Gasteiger partial charge in [-0.15, -0.1) is 6.42 Å². The highest BCUT2D eigenvalue weighted by Crippen LogP contribution is 2.23. The molecule has 1 saturated heterocycles. The Kier molecular flexibility index (Phi) is 5.19. The monoisotopic (exact) mass is 230 g/mol. The van der Waals surface area contributed by atoms with Gasteiger partial charge in [0, 0.05) is 0 Å². The van der Waals surface area contributed by atoms with Gasteiger partial charge in [-0.05, 0) is 6.42 Å². The van der Waals surface area contributed by atoms with Crippen molar-refractivity contribution in [3.05, 3.63) is 0 Å². The third-order valence-corrected chi connectivity index (χ3v) is 2.68. The van der Waals surface area contributed by atoms with E-state index in [1.54, 1.807) is 0 Å². The van der Waals surface area contributed by atoms with Crippen molar-refractivity contribution in [2.45, 2.75) is 43.9 Å². The number of rotatable bonds is 4. The summed E-state index contributed by atoms with van der Waals surface area (Å²) < 4.78 is 10.5. The molecule has 1 rings (SSSR count). The molecule has 3 N–H and O–H groups in total.